The van der Waals surface area contributed by atoms with Crippen LogP contribution in [0.25, 0.3) is 0 Å². The third kappa shape index (κ3) is 10.3. The fraction of sp³-hybridized carbons (Fsp3) is 0.474. The zero-order valence-corrected chi connectivity index (χ0v) is 27.8. The Morgan fingerprint density at radius 3 is 2.40 bits per heavy atom. The molecule has 1 saturated heterocycles. The number of alkyl carbamates (subject to hydrolysis) is 1. The van der Waals surface area contributed by atoms with Crippen LogP contribution >= 0.6 is 0 Å². The van der Waals surface area contributed by atoms with E-state index in [9.17, 15) is 19.8 Å². The molecule has 4 N–H and O–H groups in total. The summed E-state index contributed by atoms with van der Waals surface area (Å²) in [5, 5.41) is 28.4. The molecule has 1 heterocycles. The third-order valence-electron chi connectivity index (χ3n) is 9.09. The summed E-state index contributed by atoms with van der Waals surface area (Å²) >= 11 is 0. The Balaban J connectivity index is 1.29. The lowest BCUT2D eigenvalue weighted by molar-refractivity contribution is -0.127. The van der Waals surface area contributed by atoms with Gasteiger partial charge in [0, 0.05) is 32.0 Å². The number of amides is 2. The van der Waals surface area contributed by atoms with Crippen LogP contribution in [0.2, 0.25) is 0 Å². The summed E-state index contributed by atoms with van der Waals surface area (Å²) < 4.78 is 16.7. The molecule has 0 bridgehead atoms. The Bertz CT molecular complexity index is 1430. The standard InChI is InChI=1S/C38H49N3O7/c1-2-19-48-38(45)39-33(24-27-8-4-3-5-9-27)34(42)26-30(37(44)40-36-32-11-7-6-10-29(32)25-35(36)43)23-28-12-14-31(15-13-28)47-22-18-41-16-20-46-21-17-41/h3-15,30,33-36,42-43H,2,16-26H2,1H3,(H,39,45)(H,40,44). The van der Waals surface area contributed by atoms with E-state index in [0.29, 0.717) is 32.3 Å². The molecular formula is C38H49N3O7. The average molecular weight is 660 g/mol. The molecular weight excluding hydrogens is 610 g/mol. The van der Waals surface area contributed by atoms with Crippen LogP contribution < -0.4 is 15.4 Å². The van der Waals surface area contributed by atoms with Crippen molar-refractivity contribution in [3.05, 3.63) is 101 Å². The van der Waals surface area contributed by atoms with Crippen LogP contribution in [-0.4, -0.2) is 91.4 Å². The van der Waals surface area contributed by atoms with Crippen LogP contribution in [0, 0.1) is 5.92 Å². The second-order valence-electron chi connectivity index (χ2n) is 12.7. The summed E-state index contributed by atoms with van der Waals surface area (Å²) in [5.74, 6) is -0.177. The van der Waals surface area contributed by atoms with E-state index in [1.54, 1.807) is 0 Å². The number of carbonyl (C=O) groups is 2. The number of ether oxygens (including phenoxy) is 3. The Morgan fingerprint density at radius 1 is 0.938 bits per heavy atom. The van der Waals surface area contributed by atoms with Gasteiger partial charge < -0.3 is 35.1 Å². The van der Waals surface area contributed by atoms with Crippen LogP contribution in [0.4, 0.5) is 4.79 Å². The van der Waals surface area contributed by atoms with Gasteiger partial charge >= 0.3 is 6.09 Å². The van der Waals surface area contributed by atoms with Gasteiger partial charge in [-0.05, 0) is 60.1 Å². The van der Waals surface area contributed by atoms with E-state index < -0.39 is 36.3 Å². The van der Waals surface area contributed by atoms with Crippen LogP contribution in [0.1, 0.15) is 48.1 Å². The molecule has 0 aromatic heterocycles. The lowest BCUT2D eigenvalue weighted by Gasteiger charge is -2.28. The van der Waals surface area contributed by atoms with E-state index in [2.05, 4.69) is 15.5 Å². The normalized spacial score (nSPS) is 19.5. The Labute approximate surface area is 283 Å². The number of morpholine rings is 1. The molecule has 0 spiro atoms. The van der Waals surface area contributed by atoms with Gasteiger partial charge in [0.05, 0.1) is 44.1 Å². The molecule has 5 unspecified atom stereocenters. The van der Waals surface area contributed by atoms with Crippen molar-refractivity contribution >= 4 is 12.0 Å². The van der Waals surface area contributed by atoms with E-state index in [1.807, 2.05) is 85.8 Å². The maximum Gasteiger partial charge on any atom is 0.407 e. The third-order valence-corrected chi connectivity index (χ3v) is 9.09. The predicted octanol–water partition coefficient (Wildman–Crippen LogP) is 3.83. The summed E-state index contributed by atoms with van der Waals surface area (Å²) in [6.45, 7) is 6.88. The molecule has 0 saturated carbocycles. The van der Waals surface area contributed by atoms with Gasteiger partial charge in [-0.15, -0.1) is 0 Å². The molecule has 0 radical (unpaired) electrons. The number of hydrogen-bond donors (Lipinski definition) is 4. The minimum Gasteiger partial charge on any atom is -0.492 e. The predicted molar refractivity (Wildman–Crippen MR) is 183 cm³/mol. The molecule has 2 amide bonds. The lowest BCUT2D eigenvalue weighted by atomic mass is 9.88. The van der Waals surface area contributed by atoms with Gasteiger partial charge in [-0.3, -0.25) is 9.69 Å². The van der Waals surface area contributed by atoms with Crippen LogP contribution in [-0.2, 0) is 33.5 Å². The number of nitrogens with one attached hydrogen (secondary N) is 2. The quantitative estimate of drug-likeness (QED) is 0.183. The number of benzene rings is 3. The van der Waals surface area contributed by atoms with Gasteiger partial charge in [-0.25, -0.2) is 4.79 Å². The molecule has 3 aromatic carbocycles. The first kappa shape index (κ1) is 35.3. The zero-order chi connectivity index (χ0) is 33.7. The minimum atomic E-state index is -1.06. The fourth-order valence-electron chi connectivity index (χ4n) is 6.42. The SMILES string of the molecule is CCCOC(=O)NC(Cc1ccccc1)C(O)CC(Cc1ccc(OCCN2CCOCC2)cc1)C(=O)NC1c2ccccc2CC1O. The molecule has 5 atom stereocenters. The first-order chi connectivity index (χ1) is 23.4. The monoisotopic (exact) mass is 659 g/mol. The Morgan fingerprint density at radius 2 is 1.65 bits per heavy atom. The topological polar surface area (TPSA) is 130 Å². The molecule has 5 rings (SSSR count). The van der Waals surface area contributed by atoms with Crippen molar-refractivity contribution in [2.45, 2.75) is 63.3 Å². The van der Waals surface area contributed by atoms with Crippen molar-refractivity contribution in [2.75, 3.05) is 46.1 Å². The first-order valence-corrected chi connectivity index (χ1v) is 17.1. The van der Waals surface area contributed by atoms with Gasteiger partial charge in [-0.1, -0.05) is 73.7 Å². The number of rotatable bonds is 16. The van der Waals surface area contributed by atoms with Crippen molar-refractivity contribution in [1.82, 2.24) is 15.5 Å². The molecule has 10 heteroatoms. The number of hydrogen-bond acceptors (Lipinski definition) is 8. The second-order valence-corrected chi connectivity index (χ2v) is 12.7. The molecule has 3 aromatic rings. The summed E-state index contributed by atoms with van der Waals surface area (Å²) in [7, 11) is 0. The van der Waals surface area contributed by atoms with Crippen LogP contribution in [0.5, 0.6) is 5.75 Å². The first-order valence-electron chi connectivity index (χ1n) is 17.1. The molecule has 1 aliphatic heterocycles. The van der Waals surface area contributed by atoms with E-state index in [-0.39, 0.29) is 18.9 Å². The number of aliphatic hydroxyl groups excluding tert-OH is 2. The van der Waals surface area contributed by atoms with Crippen molar-refractivity contribution in [3.8, 4) is 5.75 Å². The number of aliphatic hydroxyl groups is 2. The minimum absolute atomic E-state index is 0.0830. The van der Waals surface area contributed by atoms with Gasteiger partial charge in [0.2, 0.25) is 5.91 Å². The number of nitrogens with zero attached hydrogens (tertiary/aromatic N) is 1. The fourth-order valence-corrected chi connectivity index (χ4v) is 6.42. The number of carbonyl (C=O) groups excluding carboxylic acids is 2. The molecule has 1 fully saturated rings. The van der Waals surface area contributed by atoms with Gasteiger partial charge in [0.25, 0.3) is 0 Å². The van der Waals surface area contributed by atoms with E-state index in [1.165, 1.54) is 0 Å². The Hall–Kier alpha value is -3.96. The van der Waals surface area contributed by atoms with Gasteiger partial charge in [0.15, 0.2) is 0 Å². The highest BCUT2D eigenvalue weighted by Crippen LogP contribution is 2.32. The summed E-state index contributed by atoms with van der Waals surface area (Å²) in [4.78, 5) is 29.0. The molecule has 10 nitrogen and oxygen atoms in total. The van der Waals surface area contributed by atoms with Crippen LogP contribution in [0.15, 0.2) is 78.9 Å². The summed E-state index contributed by atoms with van der Waals surface area (Å²) in [5.41, 5.74) is 3.76. The van der Waals surface area contributed by atoms with Crippen molar-refractivity contribution in [3.63, 3.8) is 0 Å². The highest BCUT2D eigenvalue weighted by atomic mass is 16.5. The molecule has 258 valence electrons. The van der Waals surface area contributed by atoms with E-state index >= 15 is 0 Å². The lowest BCUT2D eigenvalue weighted by Crippen LogP contribution is -2.47. The van der Waals surface area contributed by atoms with E-state index in [0.717, 1.165) is 60.9 Å². The van der Waals surface area contributed by atoms with Gasteiger partial charge in [0.1, 0.15) is 12.4 Å². The second kappa shape index (κ2) is 18.0. The van der Waals surface area contributed by atoms with E-state index in [4.69, 9.17) is 14.2 Å². The molecule has 2 aliphatic rings. The van der Waals surface area contributed by atoms with Crippen molar-refractivity contribution in [1.29, 1.82) is 0 Å². The Kier molecular flexibility index (Phi) is 13.2. The maximum absolute atomic E-state index is 14.0. The largest absolute Gasteiger partial charge is 0.492 e. The smallest absolute Gasteiger partial charge is 0.407 e. The maximum atomic E-state index is 14.0. The average Bonchev–Trinajstić information content (AvgIpc) is 3.42. The highest BCUT2D eigenvalue weighted by Gasteiger charge is 2.35. The van der Waals surface area contributed by atoms with Crippen molar-refractivity contribution in [2.24, 2.45) is 5.92 Å². The van der Waals surface area contributed by atoms with Gasteiger partial charge in [-0.2, -0.15) is 0 Å². The summed E-state index contributed by atoms with van der Waals surface area (Å²) in [6.07, 6.45) is -0.472. The number of fused-ring (bicyclic) bond motifs is 1. The highest BCUT2D eigenvalue weighted by molar-refractivity contribution is 5.80. The molecule has 1 aliphatic carbocycles. The summed E-state index contributed by atoms with van der Waals surface area (Å²) in [6, 6.07) is 23.8. The van der Waals surface area contributed by atoms with Crippen LogP contribution in [0.3, 0.4) is 0 Å². The zero-order valence-electron chi connectivity index (χ0n) is 27.8. The molecule has 48 heavy (non-hydrogen) atoms. The van der Waals surface area contributed by atoms with Crippen molar-refractivity contribution < 1.29 is 34.0 Å².